The smallest absolute Gasteiger partial charge is 0.380 e. The molecule has 3 atom stereocenters. The first kappa shape index (κ1) is 28.8. The highest BCUT2D eigenvalue weighted by atomic mass is 32.2. The van der Waals surface area contributed by atoms with Gasteiger partial charge in [-0.3, -0.25) is 0 Å². The molecule has 4 heterocycles. The van der Waals surface area contributed by atoms with Gasteiger partial charge in [0.05, 0.1) is 24.7 Å². The Balaban J connectivity index is 1.27. The van der Waals surface area contributed by atoms with Gasteiger partial charge in [-0.15, -0.1) is 11.3 Å². The second-order valence-corrected chi connectivity index (χ2v) is 15.3. The van der Waals surface area contributed by atoms with E-state index in [0.29, 0.717) is 12.2 Å². The van der Waals surface area contributed by atoms with Crippen LogP contribution in [-0.2, 0) is 20.4 Å². The molecule has 1 aromatic heterocycles. The number of ether oxygens (including phenoxy) is 1. The van der Waals surface area contributed by atoms with Crippen molar-refractivity contribution in [2.45, 2.75) is 34.9 Å². The highest BCUT2D eigenvalue weighted by Gasteiger charge is 2.53. The molecule has 7 nitrogen and oxygen atoms in total. The van der Waals surface area contributed by atoms with Crippen LogP contribution in [-0.4, -0.2) is 80.9 Å². The monoisotopic (exact) mass is 631 g/mol. The molecular weight excluding hydrogens is 599 g/mol. The van der Waals surface area contributed by atoms with Crippen molar-refractivity contribution >= 4 is 33.1 Å². The molecule has 3 saturated heterocycles. The number of benzene rings is 2. The maximum atomic E-state index is 13.7. The molecule has 0 amide bonds. The number of halogens is 3. The molecule has 2 aromatic carbocycles. The van der Waals surface area contributed by atoms with Crippen LogP contribution in [0.4, 0.5) is 18.9 Å². The third-order valence-electron chi connectivity index (χ3n) is 9.36. The van der Waals surface area contributed by atoms with E-state index < -0.39 is 21.8 Å². The fraction of sp³-hybridized carbons (Fsp3) is 0.419. The quantitative estimate of drug-likeness (QED) is 0.419. The number of nitrogens with zero attached hydrogens (tertiary/aromatic N) is 3. The summed E-state index contributed by atoms with van der Waals surface area (Å²) in [4.78, 5) is 4.48. The largest absolute Gasteiger partial charge is 0.421 e. The van der Waals surface area contributed by atoms with Crippen LogP contribution in [0.2, 0.25) is 0 Å². The lowest BCUT2D eigenvalue weighted by atomic mass is 9.76. The maximum Gasteiger partial charge on any atom is 0.421 e. The zero-order valence-electron chi connectivity index (χ0n) is 23.5. The van der Waals surface area contributed by atoms with E-state index in [-0.39, 0.29) is 40.2 Å². The van der Waals surface area contributed by atoms with Crippen molar-refractivity contribution in [1.29, 1.82) is 0 Å². The van der Waals surface area contributed by atoms with Crippen LogP contribution >= 0.6 is 11.3 Å². The standard InChI is InChI=1S/C31H32F3N3O4S2/c1-29(38,31(32,33)34)22-8-10-23(11-9-22)37-13-12-36(43(39,40)27-7-4-14-42-27)16-26(37)28-24-6-3-2-5-21(24)15-25(28)35-17-30(18-35)19-41-20-30/h2-11,14-15,26,28,38H,12-13,16-20H2,1H3/t26-,28?,29+/m1/s1. The fourth-order valence-electron chi connectivity index (χ4n) is 6.83. The van der Waals surface area contributed by atoms with Crippen molar-refractivity contribution in [3.8, 4) is 0 Å². The van der Waals surface area contributed by atoms with Crippen LogP contribution in [0.25, 0.3) is 6.08 Å². The summed E-state index contributed by atoms with van der Waals surface area (Å²) in [6.45, 7) is 4.77. The molecule has 1 aliphatic carbocycles. The summed E-state index contributed by atoms with van der Waals surface area (Å²) >= 11 is 1.19. The minimum atomic E-state index is -4.83. The summed E-state index contributed by atoms with van der Waals surface area (Å²) in [5.74, 6) is -0.158. The van der Waals surface area contributed by atoms with E-state index in [0.717, 1.165) is 50.1 Å². The number of hydrogen-bond acceptors (Lipinski definition) is 7. The molecule has 3 fully saturated rings. The van der Waals surface area contributed by atoms with Gasteiger partial charge in [0.1, 0.15) is 4.21 Å². The predicted octanol–water partition coefficient (Wildman–Crippen LogP) is 4.87. The summed E-state index contributed by atoms with van der Waals surface area (Å²) in [6.07, 6.45) is -2.63. The second-order valence-electron chi connectivity index (χ2n) is 12.2. The van der Waals surface area contributed by atoms with E-state index in [1.807, 2.05) is 12.1 Å². The minimum absolute atomic E-state index is 0.158. The molecule has 12 heteroatoms. The Morgan fingerprint density at radius 1 is 1.00 bits per heavy atom. The van der Waals surface area contributed by atoms with E-state index in [9.17, 15) is 26.7 Å². The molecule has 0 radical (unpaired) electrons. The van der Waals surface area contributed by atoms with Gasteiger partial charge in [-0.2, -0.15) is 17.5 Å². The van der Waals surface area contributed by atoms with Crippen molar-refractivity contribution < 1.29 is 31.4 Å². The molecule has 3 aromatic rings. The average Bonchev–Trinajstić information content (AvgIpc) is 3.60. The van der Waals surface area contributed by atoms with Crippen LogP contribution in [0.15, 0.2) is 75.9 Å². The second kappa shape index (κ2) is 10.1. The Hall–Kier alpha value is -2.90. The van der Waals surface area contributed by atoms with E-state index in [4.69, 9.17) is 4.74 Å². The molecule has 0 saturated carbocycles. The number of rotatable bonds is 6. The third kappa shape index (κ3) is 4.69. The highest BCUT2D eigenvalue weighted by Crippen LogP contribution is 2.49. The number of fused-ring (bicyclic) bond motifs is 1. The molecular formula is C31H32F3N3O4S2. The van der Waals surface area contributed by atoms with Gasteiger partial charge in [0.25, 0.3) is 10.0 Å². The number of alkyl halides is 3. The molecule has 1 N–H and O–H groups in total. The Kier molecular flexibility index (Phi) is 6.75. The molecule has 228 valence electrons. The first-order valence-electron chi connectivity index (χ1n) is 14.2. The lowest BCUT2D eigenvalue weighted by Gasteiger charge is -2.58. The van der Waals surface area contributed by atoms with Crippen LogP contribution in [0.5, 0.6) is 0 Å². The van der Waals surface area contributed by atoms with Gasteiger partial charge in [-0.1, -0.05) is 42.5 Å². The summed E-state index contributed by atoms with van der Waals surface area (Å²) in [7, 11) is -3.73. The van der Waals surface area contributed by atoms with Gasteiger partial charge >= 0.3 is 6.18 Å². The van der Waals surface area contributed by atoms with Crippen LogP contribution < -0.4 is 4.90 Å². The SMILES string of the molecule is C[C@](O)(c1ccc(N2CCN(S(=O)(=O)c3cccs3)C[C@@H]2C2C(N3CC4(COC4)C3)=Cc3ccccc32)cc1)C(F)(F)F. The van der Waals surface area contributed by atoms with Gasteiger partial charge < -0.3 is 19.6 Å². The fourth-order valence-corrected chi connectivity index (χ4v) is 9.43. The van der Waals surface area contributed by atoms with Gasteiger partial charge in [0.15, 0.2) is 5.60 Å². The summed E-state index contributed by atoms with van der Waals surface area (Å²) in [6, 6.07) is 16.9. The molecule has 1 spiro atoms. The van der Waals surface area contributed by atoms with E-state index in [1.165, 1.54) is 23.5 Å². The Labute approximate surface area is 252 Å². The summed E-state index contributed by atoms with van der Waals surface area (Å²) in [5.41, 5.74) is 0.925. The van der Waals surface area contributed by atoms with Gasteiger partial charge in [0, 0.05) is 50.0 Å². The molecule has 0 bridgehead atoms. The Morgan fingerprint density at radius 3 is 2.35 bits per heavy atom. The number of hydrogen-bond donors (Lipinski definition) is 1. The number of likely N-dealkylation sites (tertiary alicyclic amines) is 1. The third-order valence-corrected chi connectivity index (χ3v) is 12.6. The summed E-state index contributed by atoms with van der Waals surface area (Å²) < 4.78 is 75.4. The number of anilines is 1. The van der Waals surface area contributed by atoms with Crippen LogP contribution in [0, 0.1) is 5.41 Å². The molecule has 7 rings (SSSR count). The van der Waals surface area contributed by atoms with Gasteiger partial charge in [-0.25, -0.2) is 8.42 Å². The normalized spacial score (nSPS) is 25.1. The van der Waals surface area contributed by atoms with E-state index in [1.54, 1.807) is 34.0 Å². The number of thiophene rings is 1. The highest BCUT2D eigenvalue weighted by molar-refractivity contribution is 7.91. The van der Waals surface area contributed by atoms with Gasteiger partial charge in [-0.05, 0) is 53.3 Å². The van der Waals surface area contributed by atoms with Crippen LogP contribution in [0.3, 0.4) is 0 Å². The lowest BCUT2D eigenvalue weighted by molar-refractivity contribution is -0.258. The Morgan fingerprint density at radius 2 is 1.72 bits per heavy atom. The molecule has 1 unspecified atom stereocenters. The average molecular weight is 632 g/mol. The molecule has 43 heavy (non-hydrogen) atoms. The first-order valence-corrected chi connectivity index (χ1v) is 16.5. The zero-order chi connectivity index (χ0) is 30.2. The van der Waals surface area contributed by atoms with Crippen molar-refractivity contribution in [2.24, 2.45) is 5.41 Å². The van der Waals surface area contributed by atoms with Crippen molar-refractivity contribution in [1.82, 2.24) is 9.21 Å². The number of aliphatic hydroxyl groups is 1. The predicted molar refractivity (Wildman–Crippen MR) is 158 cm³/mol. The van der Waals surface area contributed by atoms with E-state index >= 15 is 0 Å². The number of sulfonamides is 1. The molecule has 4 aliphatic rings. The minimum Gasteiger partial charge on any atom is -0.380 e. The molecule has 3 aliphatic heterocycles. The summed E-state index contributed by atoms with van der Waals surface area (Å²) in [5, 5.41) is 12.0. The first-order chi connectivity index (χ1) is 20.4. The van der Waals surface area contributed by atoms with E-state index in [2.05, 4.69) is 28.0 Å². The Bertz CT molecular complexity index is 1640. The van der Waals surface area contributed by atoms with Crippen molar-refractivity contribution in [3.05, 3.63) is 88.4 Å². The maximum absolute atomic E-state index is 13.7. The zero-order valence-corrected chi connectivity index (χ0v) is 25.1. The van der Waals surface area contributed by atoms with Crippen molar-refractivity contribution in [2.75, 3.05) is 50.8 Å². The van der Waals surface area contributed by atoms with Crippen molar-refractivity contribution in [3.63, 3.8) is 0 Å². The number of piperazine rings is 1. The topological polar surface area (TPSA) is 73.3 Å². The van der Waals surface area contributed by atoms with Gasteiger partial charge in [0.2, 0.25) is 0 Å². The lowest BCUT2D eigenvalue weighted by Crippen LogP contribution is -2.66. The van der Waals surface area contributed by atoms with Crippen LogP contribution in [0.1, 0.15) is 29.5 Å².